The summed E-state index contributed by atoms with van der Waals surface area (Å²) in [6.45, 7) is 4.01. The maximum atomic E-state index is 13.3. The van der Waals surface area contributed by atoms with Gasteiger partial charge in [0.1, 0.15) is 12.4 Å². The average molecular weight is 593 g/mol. The molecular formula is C29H27F3N8O3. The van der Waals surface area contributed by atoms with Crippen LogP contribution in [0.4, 0.5) is 24.8 Å². The molecule has 1 fully saturated rings. The molecule has 0 spiro atoms. The third kappa shape index (κ3) is 5.72. The molecular weight excluding hydrogens is 565 g/mol. The highest BCUT2D eigenvalue weighted by Gasteiger charge is 2.33. The summed E-state index contributed by atoms with van der Waals surface area (Å²) in [5.41, 5.74) is 2.68. The van der Waals surface area contributed by atoms with Gasteiger partial charge in [-0.15, -0.1) is 0 Å². The Morgan fingerprint density at radius 1 is 1.05 bits per heavy atom. The SMILES string of the molecule is Cc1c(N2Cc3ccccc3[C@H]2COc2cncc(C(=O)N3CCN(c4ncc(C(F)(F)F)cn4)CC3)c2)cn[nH]c1=O. The second kappa shape index (κ2) is 11.3. The highest BCUT2D eigenvalue weighted by atomic mass is 19.4. The summed E-state index contributed by atoms with van der Waals surface area (Å²) in [7, 11) is 0. The quantitative estimate of drug-likeness (QED) is 0.359. The molecule has 2 aliphatic heterocycles. The van der Waals surface area contributed by atoms with E-state index in [0.29, 0.717) is 49.6 Å². The van der Waals surface area contributed by atoms with Crippen LogP contribution in [-0.2, 0) is 12.7 Å². The fraction of sp³-hybridized carbons (Fsp3) is 0.310. The number of benzene rings is 1. The number of hydrogen-bond acceptors (Lipinski definition) is 9. The normalized spacial score (nSPS) is 16.7. The van der Waals surface area contributed by atoms with E-state index in [-0.39, 0.29) is 30.1 Å². The van der Waals surface area contributed by atoms with Crippen LogP contribution in [0.5, 0.6) is 5.75 Å². The van der Waals surface area contributed by atoms with Crippen molar-refractivity contribution in [1.82, 2.24) is 30.0 Å². The molecule has 14 heteroatoms. The molecule has 0 saturated carbocycles. The van der Waals surface area contributed by atoms with E-state index in [9.17, 15) is 22.8 Å². The van der Waals surface area contributed by atoms with Crippen LogP contribution in [0.1, 0.15) is 38.7 Å². The van der Waals surface area contributed by atoms with E-state index in [4.69, 9.17) is 4.74 Å². The lowest BCUT2D eigenvalue weighted by Crippen LogP contribution is -2.49. The zero-order valence-electron chi connectivity index (χ0n) is 23.1. The average Bonchev–Trinajstić information content (AvgIpc) is 3.39. The summed E-state index contributed by atoms with van der Waals surface area (Å²) in [6.07, 6.45) is 1.68. The van der Waals surface area contributed by atoms with Crippen LogP contribution >= 0.6 is 0 Å². The number of alkyl halides is 3. The monoisotopic (exact) mass is 592 g/mol. The highest BCUT2D eigenvalue weighted by Crippen LogP contribution is 2.38. The molecule has 43 heavy (non-hydrogen) atoms. The van der Waals surface area contributed by atoms with Gasteiger partial charge in [-0.1, -0.05) is 24.3 Å². The minimum atomic E-state index is -4.50. The van der Waals surface area contributed by atoms with E-state index in [0.717, 1.165) is 29.2 Å². The van der Waals surface area contributed by atoms with Gasteiger partial charge in [-0.2, -0.15) is 18.3 Å². The van der Waals surface area contributed by atoms with E-state index in [1.165, 1.54) is 6.20 Å². The van der Waals surface area contributed by atoms with Gasteiger partial charge in [0.25, 0.3) is 11.5 Å². The van der Waals surface area contributed by atoms with Gasteiger partial charge >= 0.3 is 6.18 Å². The van der Waals surface area contributed by atoms with Crippen molar-refractivity contribution in [2.75, 3.05) is 42.6 Å². The number of carbonyl (C=O) groups is 1. The third-order valence-corrected chi connectivity index (χ3v) is 7.70. The Hall–Kier alpha value is -5.01. The number of anilines is 2. The Kier molecular flexibility index (Phi) is 7.42. The van der Waals surface area contributed by atoms with Crippen LogP contribution < -0.4 is 20.1 Å². The Morgan fingerprint density at radius 2 is 1.79 bits per heavy atom. The number of ether oxygens (including phenoxy) is 1. The molecule has 1 atom stereocenters. The number of hydrogen-bond donors (Lipinski definition) is 1. The first-order valence-corrected chi connectivity index (χ1v) is 13.6. The van der Waals surface area contributed by atoms with Crippen molar-refractivity contribution in [1.29, 1.82) is 0 Å². The maximum absolute atomic E-state index is 13.3. The van der Waals surface area contributed by atoms with Gasteiger partial charge in [-0.05, 0) is 24.1 Å². The second-order valence-corrected chi connectivity index (χ2v) is 10.3. The Labute approximate surface area is 244 Å². The zero-order valence-corrected chi connectivity index (χ0v) is 23.1. The molecule has 1 saturated heterocycles. The summed E-state index contributed by atoms with van der Waals surface area (Å²) in [4.78, 5) is 42.9. The number of rotatable bonds is 6. The number of amides is 1. The molecule has 11 nitrogen and oxygen atoms in total. The van der Waals surface area contributed by atoms with Gasteiger partial charge in [-0.25, -0.2) is 15.1 Å². The van der Waals surface area contributed by atoms with Gasteiger partial charge in [0.2, 0.25) is 5.95 Å². The Morgan fingerprint density at radius 3 is 2.53 bits per heavy atom. The van der Waals surface area contributed by atoms with Gasteiger partial charge in [0, 0.05) is 56.9 Å². The number of nitrogens with zero attached hydrogens (tertiary/aromatic N) is 7. The molecule has 2 aliphatic rings. The van der Waals surface area contributed by atoms with Crippen LogP contribution in [-0.4, -0.2) is 68.7 Å². The van der Waals surface area contributed by atoms with Crippen molar-refractivity contribution in [2.45, 2.75) is 25.7 Å². The highest BCUT2D eigenvalue weighted by molar-refractivity contribution is 5.94. The first-order valence-electron chi connectivity index (χ1n) is 13.6. The molecule has 1 N–H and O–H groups in total. The lowest BCUT2D eigenvalue weighted by Gasteiger charge is -2.34. The van der Waals surface area contributed by atoms with Crippen LogP contribution in [0.3, 0.4) is 0 Å². The van der Waals surface area contributed by atoms with Crippen molar-refractivity contribution < 1.29 is 22.7 Å². The lowest BCUT2D eigenvalue weighted by atomic mass is 10.1. The fourth-order valence-electron chi connectivity index (χ4n) is 5.35. The molecule has 4 aromatic rings. The van der Waals surface area contributed by atoms with Crippen molar-refractivity contribution in [3.05, 3.63) is 99.5 Å². The molecule has 222 valence electrons. The first-order chi connectivity index (χ1) is 20.7. The van der Waals surface area contributed by atoms with Crippen molar-refractivity contribution in [2.24, 2.45) is 0 Å². The summed E-state index contributed by atoms with van der Waals surface area (Å²) in [6, 6.07) is 9.46. The predicted octanol–water partition coefficient (Wildman–Crippen LogP) is 3.38. The number of fused-ring (bicyclic) bond motifs is 1. The van der Waals surface area contributed by atoms with Crippen molar-refractivity contribution in [3.63, 3.8) is 0 Å². The maximum Gasteiger partial charge on any atom is 0.419 e. The molecule has 0 bridgehead atoms. The molecule has 5 heterocycles. The van der Waals surface area contributed by atoms with E-state index in [1.807, 2.05) is 24.3 Å². The summed E-state index contributed by atoms with van der Waals surface area (Å²) in [5, 5.41) is 6.46. The number of halogens is 3. The van der Waals surface area contributed by atoms with Crippen molar-refractivity contribution >= 4 is 17.5 Å². The number of carbonyl (C=O) groups excluding carboxylic acids is 1. The van der Waals surface area contributed by atoms with Gasteiger partial charge < -0.3 is 19.4 Å². The largest absolute Gasteiger partial charge is 0.489 e. The van der Waals surface area contributed by atoms with Crippen LogP contribution in [0.25, 0.3) is 0 Å². The molecule has 0 aliphatic carbocycles. The number of nitrogens with one attached hydrogen (secondary N) is 1. The van der Waals surface area contributed by atoms with Gasteiger partial charge in [0.05, 0.1) is 35.2 Å². The van der Waals surface area contributed by atoms with Crippen LogP contribution in [0, 0.1) is 6.92 Å². The number of aromatic amines is 1. The molecule has 0 radical (unpaired) electrons. The second-order valence-electron chi connectivity index (χ2n) is 10.3. The molecule has 6 rings (SSSR count). The topological polar surface area (TPSA) is 120 Å². The lowest BCUT2D eigenvalue weighted by molar-refractivity contribution is -0.138. The summed E-state index contributed by atoms with van der Waals surface area (Å²) < 4.78 is 44.6. The number of piperazine rings is 1. The smallest absolute Gasteiger partial charge is 0.419 e. The minimum absolute atomic E-state index is 0.186. The van der Waals surface area contributed by atoms with E-state index in [1.54, 1.807) is 35.2 Å². The van der Waals surface area contributed by atoms with Crippen molar-refractivity contribution in [3.8, 4) is 5.75 Å². The Balaban J connectivity index is 1.12. The standard InChI is InChI=1S/C29H27F3N8O3/c1-18-24(15-36-37-26(18)41)40-16-19-4-2-3-5-23(19)25(40)17-43-22-10-20(11-33-14-22)27(42)38-6-8-39(9-7-38)28-34-12-21(13-35-28)29(30,31)32/h2-5,10-15,25H,6-9,16-17H2,1H3,(H,37,41)/t25-/m1/s1. The molecule has 1 amide bonds. The third-order valence-electron chi connectivity index (χ3n) is 7.70. The summed E-state index contributed by atoms with van der Waals surface area (Å²) >= 11 is 0. The zero-order chi connectivity index (χ0) is 30.1. The molecule has 0 unspecified atom stereocenters. The first kappa shape index (κ1) is 28.1. The predicted molar refractivity (Wildman–Crippen MR) is 150 cm³/mol. The molecule has 1 aromatic carbocycles. The minimum Gasteiger partial charge on any atom is -0.489 e. The van der Waals surface area contributed by atoms with E-state index in [2.05, 4.69) is 30.0 Å². The number of aromatic nitrogens is 5. The fourth-order valence-corrected chi connectivity index (χ4v) is 5.35. The van der Waals surface area contributed by atoms with E-state index >= 15 is 0 Å². The van der Waals surface area contributed by atoms with E-state index < -0.39 is 11.7 Å². The van der Waals surface area contributed by atoms with Gasteiger partial charge in [-0.3, -0.25) is 14.6 Å². The van der Waals surface area contributed by atoms with Crippen LogP contribution in [0.2, 0.25) is 0 Å². The number of pyridine rings is 1. The summed E-state index contributed by atoms with van der Waals surface area (Å²) in [5.74, 6) is 0.377. The number of H-pyrrole nitrogens is 1. The molecule has 3 aromatic heterocycles. The van der Waals surface area contributed by atoms with Crippen LogP contribution in [0.15, 0.2) is 66.1 Å². The van der Waals surface area contributed by atoms with Gasteiger partial charge in [0.15, 0.2) is 0 Å². The Bertz CT molecular complexity index is 1690.